The fourth-order valence-corrected chi connectivity index (χ4v) is 7.89. The number of hydrogen-bond donors (Lipinski definition) is 2. The molecule has 9 nitrogen and oxygen atoms in total. The van der Waals surface area contributed by atoms with Crippen LogP contribution in [0.25, 0.3) is 0 Å². The monoisotopic (exact) mass is 727 g/mol. The van der Waals surface area contributed by atoms with Gasteiger partial charge in [0.15, 0.2) is 0 Å². The zero-order valence-corrected chi connectivity index (χ0v) is 31.8. The van der Waals surface area contributed by atoms with Gasteiger partial charge in [0, 0.05) is 57.3 Å². The minimum absolute atomic E-state index is 0.00878. The molecule has 3 aliphatic heterocycles. The summed E-state index contributed by atoms with van der Waals surface area (Å²) in [5.74, 6) is 0.244. The summed E-state index contributed by atoms with van der Waals surface area (Å²) in [5, 5.41) is 7.14. The van der Waals surface area contributed by atoms with Crippen LogP contribution in [0, 0.1) is 5.92 Å². The number of rotatable bonds is 7. The number of carbonyl (C=O) groups is 4. The zero-order valence-electron chi connectivity index (χ0n) is 31.1. The van der Waals surface area contributed by atoms with Crippen LogP contribution in [0.4, 0.5) is 0 Å². The third-order valence-corrected chi connectivity index (χ3v) is 11.1. The summed E-state index contributed by atoms with van der Waals surface area (Å²) in [7, 11) is 1.49. The third kappa shape index (κ3) is 9.48. The Morgan fingerprint density at radius 1 is 0.827 bits per heavy atom. The molecule has 0 aromatic heterocycles. The molecule has 1 saturated heterocycles. The molecule has 3 heterocycles. The first-order valence-electron chi connectivity index (χ1n) is 19.0. The predicted octanol–water partition coefficient (Wildman–Crippen LogP) is 6.13. The van der Waals surface area contributed by atoms with Gasteiger partial charge in [-0.2, -0.15) is 0 Å². The van der Waals surface area contributed by atoms with E-state index < -0.39 is 6.04 Å². The molecule has 7 rings (SSSR count). The number of carbonyl (C=O) groups excluding carboxylic acids is 4. The van der Waals surface area contributed by atoms with Crippen molar-refractivity contribution in [3.05, 3.63) is 106 Å². The van der Waals surface area contributed by atoms with Crippen LogP contribution in [-0.4, -0.2) is 89.7 Å². The molecular formula is C42H54ClN5O4. The Morgan fingerprint density at radius 3 is 2.02 bits per heavy atom. The summed E-state index contributed by atoms with van der Waals surface area (Å²) < 4.78 is 0. The van der Waals surface area contributed by atoms with E-state index in [2.05, 4.69) is 34.6 Å². The van der Waals surface area contributed by atoms with E-state index in [0.29, 0.717) is 54.7 Å². The Balaban J connectivity index is 0.000000312. The van der Waals surface area contributed by atoms with Gasteiger partial charge in [0.25, 0.3) is 11.8 Å². The number of hydrogen-bond acceptors (Lipinski definition) is 6. The number of imide groups is 1. The first-order chi connectivity index (χ1) is 25.2. The molecule has 1 saturated carbocycles. The molecule has 4 amide bonds. The van der Waals surface area contributed by atoms with Crippen LogP contribution in [-0.2, 0) is 29.0 Å². The average Bonchev–Trinajstić information content (AvgIpc) is 3.42. The molecule has 0 bridgehead atoms. The summed E-state index contributed by atoms with van der Waals surface area (Å²) in [5.41, 5.74) is 4.41. The lowest BCUT2D eigenvalue weighted by atomic mass is 9.84. The molecule has 3 unspecified atom stereocenters. The molecule has 1 aliphatic carbocycles. The molecule has 278 valence electrons. The van der Waals surface area contributed by atoms with Crippen molar-refractivity contribution in [2.45, 2.75) is 90.4 Å². The predicted molar refractivity (Wildman–Crippen MR) is 206 cm³/mol. The zero-order chi connectivity index (χ0) is 37.2. The number of nitrogens with zero attached hydrogens (tertiary/aromatic N) is 3. The van der Waals surface area contributed by atoms with E-state index in [-0.39, 0.29) is 29.7 Å². The minimum atomic E-state index is -0.607. The van der Waals surface area contributed by atoms with E-state index in [1.165, 1.54) is 50.3 Å². The fourth-order valence-electron chi connectivity index (χ4n) is 7.76. The summed E-state index contributed by atoms with van der Waals surface area (Å²) >= 11 is 6.10. The quantitative estimate of drug-likeness (QED) is 0.284. The van der Waals surface area contributed by atoms with Crippen molar-refractivity contribution in [1.82, 2.24) is 25.3 Å². The lowest BCUT2D eigenvalue weighted by molar-refractivity contribution is -0.138. The molecule has 0 spiro atoms. The van der Waals surface area contributed by atoms with Gasteiger partial charge >= 0.3 is 0 Å². The van der Waals surface area contributed by atoms with Crippen LogP contribution in [0.3, 0.4) is 0 Å². The van der Waals surface area contributed by atoms with Gasteiger partial charge in [-0.05, 0) is 73.1 Å². The first kappa shape index (κ1) is 39.2. The molecular weight excluding hydrogens is 674 g/mol. The van der Waals surface area contributed by atoms with Gasteiger partial charge in [0.05, 0.1) is 17.2 Å². The summed E-state index contributed by atoms with van der Waals surface area (Å²) in [6.45, 7) is 10.2. The van der Waals surface area contributed by atoms with Gasteiger partial charge < -0.3 is 15.5 Å². The Hall–Kier alpha value is -4.05. The van der Waals surface area contributed by atoms with Crippen LogP contribution in [0.1, 0.15) is 90.3 Å². The van der Waals surface area contributed by atoms with E-state index in [1.54, 1.807) is 24.3 Å². The SMILES string of the molecule is CC.CC(C1CCCCC1)N1CCN(C(=O)C(Cc2ccc(Cl)cc2)NC(=O)C2Cc3ccccc3CN2)CC1.CN1C(=O)c2ccccc2C1=O. The van der Waals surface area contributed by atoms with E-state index in [1.807, 2.05) is 55.1 Å². The van der Waals surface area contributed by atoms with Crippen LogP contribution in [0.2, 0.25) is 5.02 Å². The van der Waals surface area contributed by atoms with Crippen LogP contribution in [0.5, 0.6) is 0 Å². The molecule has 10 heteroatoms. The Labute approximate surface area is 314 Å². The van der Waals surface area contributed by atoms with Crippen molar-refractivity contribution in [2.24, 2.45) is 5.92 Å². The molecule has 2 fully saturated rings. The lowest BCUT2D eigenvalue weighted by Gasteiger charge is -2.42. The largest absolute Gasteiger partial charge is 0.343 e. The second-order valence-corrected chi connectivity index (χ2v) is 14.4. The number of amides is 4. The van der Waals surface area contributed by atoms with Crippen molar-refractivity contribution < 1.29 is 19.2 Å². The maximum Gasteiger partial charge on any atom is 0.261 e. The smallest absolute Gasteiger partial charge is 0.261 e. The van der Waals surface area contributed by atoms with Crippen LogP contribution in [0.15, 0.2) is 72.8 Å². The van der Waals surface area contributed by atoms with Crippen molar-refractivity contribution in [2.75, 3.05) is 33.2 Å². The van der Waals surface area contributed by atoms with Crippen molar-refractivity contribution in [3.8, 4) is 0 Å². The van der Waals surface area contributed by atoms with E-state index in [0.717, 1.165) is 29.5 Å². The number of piperazine rings is 1. The third-order valence-electron chi connectivity index (χ3n) is 10.9. The Kier molecular flexibility index (Phi) is 14.0. The fraction of sp³-hybridized carbons (Fsp3) is 0.476. The molecule has 4 aliphatic rings. The summed E-state index contributed by atoms with van der Waals surface area (Å²) in [6, 6.07) is 22.2. The number of halogens is 1. The summed E-state index contributed by atoms with van der Waals surface area (Å²) in [4.78, 5) is 55.5. The topological polar surface area (TPSA) is 102 Å². The molecule has 52 heavy (non-hydrogen) atoms. The van der Waals surface area contributed by atoms with Crippen LogP contribution < -0.4 is 10.6 Å². The molecule has 3 atom stereocenters. The minimum Gasteiger partial charge on any atom is -0.343 e. The van der Waals surface area contributed by atoms with Crippen molar-refractivity contribution in [1.29, 1.82) is 0 Å². The Morgan fingerprint density at radius 2 is 1.40 bits per heavy atom. The van der Waals surface area contributed by atoms with Gasteiger partial charge in [-0.15, -0.1) is 0 Å². The second kappa shape index (κ2) is 18.6. The lowest BCUT2D eigenvalue weighted by Crippen LogP contribution is -2.59. The number of nitrogens with one attached hydrogen (secondary N) is 2. The van der Waals surface area contributed by atoms with Gasteiger partial charge in [-0.1, -0.05) is 93.2 Å². The van der Waals surface area contributed by atoms with Gasteiger partial charge in [0.2, 0.25) is 11.8 Å². The van der Waals surface area contributed by atoms with Crippen molar-refractivity contribution in [3.63, 3.8) is 0 Å². The van der Waals surface area contributed by atoms with Gasteiger partial charge in [-0.25, -0.2) is 0 Å². The molecule has 2 N–H and O–H groups in total. The van der Waals surface area contributed by atoms with Gasteiger partial charge in [-0.3, -0.25) is 29.0 Å². The normalized spacial score (nSPS) is 20.0. The highest BCUT2D eigenvalue weighted by Crippen LogP contribution is 2.29. The summed E-state index contributed by atoms with van der Waals surface area (Å²) in [6.07, 6.45) is 7.80. The maximum absolute atomic E-state index is 13.8. The highest BCUT2D eigenvalue weighted by Gasteiger charge is 2.34. The highest BCUT2D eigenvalue weighted by molar-refractivity contribution is 6.30. The Bertz CT molecular complexity index is 1650. The van der Waals surface area contributed by atoms with E-state index >= 15 is 0 Å². The van der Waals surface area contributed by atoms with Crippen molar-refractivity contribution >= 4 is 35.2 Å². The molecule has 3 aromatic rings. The second-order valence-electron chi connectivity index (χ2n) is 14.0. The van der Waals surface area contributed by atoms with Crippen LogP contribution >= 0.6 is 11.6 Å². The van der Waals surface area contributed by atoms with E-state index in [4.69, 9.17) is 11.6 Å². The standard InChI is InChI=1S/C31H41ClN4O2.C9H7NO2.C2H6/c1-22(24-7-3-2-4-8-24)35-15-17-36(18-16-35)31(38)29(19-23-11-13-27(32)14-12-23)34-30(37)28-20-25-9-5-6-10-26(25)21-33-28;1-10-8(11)6-4-2-3-5-7(6)9(10)12;1-2/h5-6,9-14,22,24,28-29,33H,2-4,7-8,15-21H2,1H3,(H,34,37);2-5H,1H3;1-2H3. The number of fused-ring (bicyclic) bond motifs is 2. The van der Waals surface area contributed by atoms with E-state index in [9.17, 15) is 19.2 Å². The first-order valence-corrected chi connectivity index (χ1v) is 19.4. The maximum atomic E-state index is 13.8. The highest BCUT2D eigenvalue weighted by atomic mass is 35.5. The number of benzene rings is 3. The van der Waals surface area contributed by atoms with Gasteiger partial charge in [0.1, 0.15) is 6.04 Å². The molecule has 0 radical (unpaired) electrons. The molecule has 3 aromatic carbocycles. The average molecular weight is 728 g/mol.